The fourth-order valence-corrected chi connectivity index (χ4v) is 2.71. The van der Waals surface area contributed by atoms with E-state index in [0.29, 0.717) is 11.5 Å². The molecule has 104 valence electrons. The van der Waals surface area contributed by atoms with Crippen LogP contribution in [0.25, 0.3) is 0 Å². The molecule has 0 amide bonds. The number of rotatable bonds is 3. The summed E-state index contributed by atoms with van der Waals surface area (Å²) >= 11 is 6.81. The highest BCUT2D eigenvalue weighted by Gasteiger charge is 2.15. The van der Waals surface area contributed by atoms with Crippen LogP contribution in [0.1, 0.15) is 10.4 Å². The summed E-state index contributed by atoms with van der Waals surface area (Å²) in [5, 5.41) is 3.08. The molecule has 0 saturated heterocycles. The monoisotopic (exact) mass is 399 g/mol. The van der Waals surface area contributed by atoms with Crippen LogP contribution in [0.5, 0.6) is 0 Å². The van der Waals surface area contributed by atoms with Gasteiger partial charge < -0.3 is 15.8 Å². The largest absolute Gasteiger partial charge is 0.465 e. The Bertz CT molecular complexity index is 662. The second kappa shape index (κ2) is 6.23. The number of ether oxygens (including phenoxy) is 1. The molecule has 0 aliphatic heterocycles. The van der Waals surface area contributed by atoms with Gasteiger partial charge in [-0.3, -0.25) is 0 Å². The summed E-state index contributed by atoms with van der Waals surface area (Å²) in [6.45, 7) is 0. The molecule has 0 atom stereocenters. The van der Waals surface area contributed by atoms with Gasteiger partial charge in [-0.15, -0.1) is 0 Å². The van der Waals surface area contributed by atoms with Crippen LogP contribution in [0, 0.1) is 0 Å². The van der Waals surface area contributed by atoms with Gasteiger partial charge in [-0.2, -0.15) is 0 Å². The number of hydrogen-bond donors (Lipinski definition) is 2. The van der Waals surface area contributed by atoms with Crippen molar-refractivity contribution in [2.45, 2.75) is 0 Å². The SMILES string of the molecule is COC(=O)c1cc(N)cnc1Nc1ccc(Br)cc1Br. The number of nitrogens with one attached hydrogen (secondary N) is 1. The Kier molecular flexibility index (Phi) is 4.61. The minimum atomic E-state index is -0.500. The summed E-state index contributed by atoms with van der Waals surface area (Å²) in [7, 11) is 1.31. The lowest BCUT2D eigenvalue weighted by atomic mass is 10.2. The van der Waals surface area contributed by atoms with E-state index in [2.05, 4.69) is 42.2 Å². The van der Waals surface area contributed by atoms with E-state index in [0.717, 1.165) is 14.6 Å². The van der Waals surface area contributed by atoms with Crippen LogP contribution in [0.4, 0.5) is 17.2 Å². The first-order valence-electron chi connectivity index (χ1n) is 5.57. The van der Waals surface area contributed by atoms with E-state index in [1.54, 1.807) is 0 Å². The second-order valence-electron chi connectivity index (χ2n) is 3.91. The van der Waals surface area contributed by atoms with Gasteiger partial charge in [0.2, 0.25) is 0 Å². The van der Waals surface area contributed by atoms with Gasteiger partial charge in [0.05, 0.1) is 24.7 Å². The first-order valence-corrected chi connectivity index (χ1v) is 7.15. The zero-order valence-electron chi connectivity index (χ0n) is 10.5. The number of nitrogens with two attached hydrogens (primary N) is 1. The molecule has 0 bridgehead atoms. The molecule has 0 unspecified atom stereocenters. The van der Waals surface area contributed by atoms with E-state index < -0.39 is 5.97 Å². The quantitative estimate of drug-likeness (QED) is 0.767. The van der Waals surface area contributed by atoms with Gasteiger partial charge in [0.25, 0.3) is 0 Å². The molecule has 20 heavy (non-hydrogen) atoms. The number of methoxy groups -OCH3 is 1. The van der Waals surface area contributed by atoms with Crippen molar-refractivity contribution >= 4 is 55.0 Å². The number of anilines is 3. The van der Waals surface area contributed by atoms with Gasteiger partial charge in [0.1, 0.15) is 11.4 Å². The van der Waals surface area contributed by atoms with Crippen LogP contribution < -0.4 is 11.1 Å². The Balaban J connectivity index is 2.40. The number of aromatic nitrogens is 1. The van der Waals surface area contributed by atoms with Crippen molar-refractivity contribution in [2.24, 2.45) is 0 Å². The third-order valence-corrected chi connectivity index (χ3v) is 3.65. The first-order chi connectivity index (χ1) is 9.51. The molecule has 7 heteroatoms. The zero-order chi connectivity index (χ0) is 14.7. The van der Waals surface area contributed by atoms with Gasteiger partial charge in [0, 0.05) is 8.95 Å². The molecule has 0 spiro atoms. The van der Waals surface area contributed by atoms with E-state index in [1.807, 2.05) is 18.2 Å². The Morgan fingerprint density at radius 1 is 1.35 bits per heavy atom. The van der Waals surface area contributed by atoms with E-state index in [1.165, 1.54) is 19.4 Å². The Hall–Kier alpha value is -1.60. The van der Waals surface area contributed by atoms with Crippen molar-refractivity contribution in [3.63, 3.8) is 0 Å². The van der Waals surface area contributed by atoms with E-state index in [9.17, 15) is 4.79 Å². The molecule has 1 heterocycles. The highest BCUT2D eigenvalue weighted by Crippen LogP contribution is 2.29. The predicted molar refractivity (Wildman–Crippen MR) is 85.1 cm³/mol. The Morgan fingerprint density at radius 3 is 2.75 bits per heavy atom. The molecule has 1 aromatic carbocycles. The summed E-state index contributed by atoms with van der Waals surface area (Å²) in [4.78, 5) is 15.9. The number of halogens is 2. The minimum Gasteiger partial charge on any atom is -0.465 e. The van der Waals surface area contributed by atoms with Crippen LogP contribution in [-0.4, -0.2) is 18.1 Å². The molecule has 0 fully saturated rings. The third-order valence-electron chi connectivity index (χ3n) is 2.50. The number of benzene rings is 1. The number of hydrogen-bond acceptors (Lipinski definition) is 5. The van der Waals surface area contributed by atoms with Crippen LogP contribution in [-0.2, 0) is 4.74 Å². The molecular weight excluding hydrogens is 390 g/mol. The molecule has 2 rings (SSSR count). The highest BCUT2D eigenvalue weighted by molar-refractivity contribution is 9.11. The van der Waals surface area contributed by atoms with Crippen LogP contribution in [0.3, 0.4) is 0 Å². The van der Waals surface area contributed by atoms with Gasteiger partial charge >= 0.3 is 5.97 Å². The predicted octanol–water partition coefficient (Wildman–Crippen LogP) is 3.72. The molecule has 0 aliphatic carbocycles. The Labute approximate surface area is 132 Å². The second-order valence-corrected chi connectivity index (χ2v) is 5.68. The number of pyridine rings is 1. The van der Waals surface area contributed by atoms with Crippen LogP contribution in [0.2, 0.25) is 0 Å². The average Bonchev–Trinajstić information content (AvgIpc) is 2.42. The maximum Gasteiger partial charge on any atom is 0.341 e. The summed E-state index contributed by atoms with van der Waals surface area (Å²) in [6.07, 6.45) is 1.47. The maximum atomic E-state index is 11.7. The van der Waals surface area contributed by atoms with Crippen LogP contribution >= 0.6 is 31.9 Å². The van der Waals surface area contributed by atoms with Crippen LogP contribution in [0.15, 0.2) is 39.4 Å². The van der Waals surface area contributed by atoms with Crippen molar-refractivity contribution in [1.29, 1.82) is 0 Å². The molecule has 0 saturated carbocycles. The number of nitrogen functional groups attached to an aromatic ring is 1. The smallest absolute Gasteiger partial charge is 0.341 e. The number of carbonyl (C=O) groups excluding carboxylic acids is 1. The van der Waals surface area contributed by atoms with Gasteiger partial charge in [-0.05, 0) is 40.2 Å². The lowest BCUT2D eigenvalue weighted by Crippen LogP contribution is -2.08. The minimum absolute atomic E-state index is 0.280. The third kappa shape index (κ3) is 3.29. The zero-order valence-corrected chi connectivity index (χ0v) is 13.7. The molecule has 2 aromatic rings. The van der Waals surface area contributed by atoms with Crippen molar-refractivity contribution in [2.75, 3.05) is 18.2 Å². The highest BCUT2D eigenvalue weighted by atomic mass is 79.9. The van der Waals surface area contributed by atoms with Crippen molar-refractivity contribution in [3.05, 3.63) is 45.0 Å². The number of carbonyl (C=O) groups is 1. The molecule has 3 N–H and O–H groups in total. The van der Waals surface area contributed by atoms with Crippen molar-refractivity contribution in [3.8, 4) is 0 Å². The summed E-state index contributed by atoms with van der Waals surface area (Å²) in [5.74, 6) is -0.116. The Morgan fingerprint density at radius 2 is 2.10 bits per heavy atom. The van der Waals surface area contributed by atoms with Gasteiger partial charge in [-0.1, -0.05) is 15.9 Å². The normalized spacial score (nSPS) is 10.2. The topological polar surface area (TPSA) is 77.2 Å². The van der Waals surface area contributed by atoms with E-state index in [4.69, 9.17) is 10.5 Å². The standard InChI is InChI=1S/C13H11Br2N3O2/c1-20-13(19)9-5-8(16)6-17-12(9)18-11-3-2-7(14)4-10(11)15/h2-6H,16H2,1H3,(H,17,18). The fraction of sp³-hybridized carbons (Fsp3) is 0.0769. The summed E-state index contributed by atoms with van der Waals surface area (Å²) in [5.41, 5.74) is 7.10. The number of esters is 1. The van der Waals surface area contributed by atoms with E-state index >= 15 is 0 Å². The summed E-state index contributed by atoms with van der Waals surface area (Å²) < 4.78 is 6.50. The molecule has 0 aliphatic rings. The van der Waals surface area contributed by atoms with Gasteiger partial charge in [-0.25, -0.2) is 9.78 Å². The first kappa shape index (κ1) is 14.8. The molecular formula is C13H11Br2N3O2. The average molecular weight is 401 g/mol. The maximum absolute atomic E-state index is 11.7. The fourth-order valence-electron chi connectivity index (χ4n) is 1.56. The van der Waals surface area contributed by atoms with Crippen molar-refractivity contribution in [1.82, 2.24) is 4.98 Å². The van der Waals surface area contributed by atoms with Crippen molar-refractivity contribution < 1.29 is 9.53 Å². The number of nitrogens with zero attached hydrogens (tertiary/aromatic N) is 1. The molecule has 0 radical (unpaired) electrons. The lowest BCUT2D eigenvalue weighted by molar-refractivity contribution is 0.0601. The lowest BCUT2D eigenvalue weighted by Gasteiger charge is -2.12. The molecule has 5 nitrogen and oxygen atoms in total. The summed E-state index contributed by atoms with van der Waals surface area (Å²) in [6, 6.07) is 7.14. The van der Waals surface area contributed by atoms with Gasteiger partial charge in [0.15, 0.2) is 0 Å². The van der Waals surface area contributed by atoms with E-state index in [-0.39, 0.29) is 5.56 Å². The molecule has 1 aromatic heterocycles.